The summed E-state index contributed by atoms with van der Waals surface area (Å²) in [6, 6.07) is 5.01. The minimum atomic E-state index is -0.206. The number of anilines is 1. The Kier molecular flexibility index (Phi) is 4.50. The number of rotatable bonds is 5. The van der Waals surface area contributed by atoms with E-state index in [0.717, 1.165) is 23.5 Å². The van der Waals surface area contributed by atoms with Gasteiger partial charge < -0.3 is 10.2 Å². The Hall–Kier alpha value is -1.46. The molecule has 1 aromatic heterocycles. The Morgan fingerprint density at radius 2 is 2.26 bits per heavy atom. The van der Waals surface area contributed by atoms with Gasteiger partial charge in [0, 0.05) is 24.2 Å². The first-order chi connectivity index (χ1) is 9.11. The molecule has 2 rings (SSSR count). The zero-order chi connectivity index (χ0) is 13.8. The molecule has 0 saturated heterocycles. The second kappa shape index (κ2) is 6.12. The smallest absolute Gasteiger partial charge is 0.123 e. The zero-order valence-electron chi connectivity index (χ0n) is 11.4. The Labute approximate surface area is 117 Å². The van der Waals surface area contributed by atoms with E-state index in [0.29, 0.717) is 0 Å². The summed E-state index contributed by atoms with van der Waals surface area (Å²) in [5.74, 6) is -0.206. The van der Waals surface area contributed by atoms with Crippen molar-refractivity contribution in [2.24, 2.45) is 0 Å². The third-order valence-corrected chi connectivity index (χ3v) is 3.82. The summed E-state index contributed by atoms with van der Waals surface area (Å²) in [6.45, 7) is 2.74. The average Bonchev–Trinajstić information content (AvgIpc) is 2.90. The fourth-order valence-electron chi connectivity index (χ4n) is 2.02. The largest absolute Gasteiger partial charge is 0.368 e. The van der Waals surface area contributed by atoms with E-state index in [2.05, 4.69) is 15.2 Å². The zero-order valence-corrected chi connectivity index (χ0v) is 12.2. The number of thiazole rings is 1. The highest BCUT2D eigenvalue weighted by molar-refractivity contribution is 7.07. The molecular formula is C14H18FN3S. The maximum Gasteiger partial charge on any atom is 0.123 e. The van der Waals surface area contributed by atoms with E-state index >= 15 is 0 Å². The molecule has 0 fully saturated rings. The Balaban J connectivity index is 2.27. The highest BCUT2D eigenvalue weighted by Gasteiger charge is 2.14. The summed E-state index contributed by atoms with van der Waals surface area (Å²) in [6.07, 6.45) is 0. The lowest BCUT2D eigenvalue weighted by atomic mass is 10.0. The van der Waals surface area contributed by atoms with Gasteiger partial charge in [-0.1, -0.05) is 0 Å². The highest BCUT2D eigenvalue weighted by Crippen LogP contribution is 2.27. The van der Waals surface area contributed by atoms with E-state index in [9.17, 15) is 4.39 Å². The lowest BCUT2D eigenvalue weighted by Crippen LogP contribution is -2.22. The molecule has 0 aliphatic carbocycles. The molecule has 0 amide bonds. The monoisotopic (exact) mass is 279 g/mol. The van der Waals surface area contributed by atoms with E-state index in [1.807, 2.05) is 38.0 Å². The molecule has 0 radical (unpaired) electrons. The van der Waals surface area contributed by atoms with E-state index in [4.69, 9.17) is 0 Å². The molecule has 1 N–H and O–H groups in total. The number of aromatic nitrogens is 1. The molecule has 1 unspecified atom stereocenters. The van der Waals surface area contributed by atoms with Crippen molar-refractivity contribution in [3.05, 3.63) is 46.2 Å². The molecular weight excluding hydrogens is 261 g/mol. The van der Waals surface area contributed by atoms with Gasteiger partial charge in [0.1, 0.15) is 5.82 Å². The van der Waals surface area contributed by atoms with Gasteiger partial charge >= 0.3 is 0 Å². The number of benzene rings is 1. The minimum absolute atomic E-state index is 0.101. The molecule has 0 bridgehead atoms. The van der Waals surface area contributed by atoms with E-state index < -0.39 is 0 Å². The van der Waals surface area contributed by atoms with Crippen molar-refractivity contribution in [3.63, 3.8) is 0 Å². The van der Waals surface area contributed by atoms with Gasteiger partial charge in [0.25, 0.3) is 0 Å². The van der Waals surface area contributed by atoms with Crippen LogP contribution in [0.25, 0.3) is 0 Å². The quantitative estimate of drug-likeness (QED) is 0.911. The molecule has 3 nitrogen and oxygen atoms in total. The highest BCUT2D eigenvalue weighted by atomic mass is 32.1. The van der Waals surface area contributed by atoms with Gasteiger partial charge in [-0.25, -0.2) is 9.37 Å². The average molecular weight is 279 g/mol. The molecule has 1 heterocycles. The lowest BCUT2D eigenvalue weighted by Gasteiger charge is -2.24. The van der Waals surface area contributed by atoms with E-state index in [1.54, 1.807) is 17.4 Å². The van der Waals surface area contributed by atoms with Crippen LogP contribution in [0.2, 0.25) is 0 Å². The summed E-state index contributed by atoms with van der Waals surface area (Å²) in [7, 11) is 3.87. The van der Waals surface area contributed by atoms with Gasteiger partial charge in [0.15, 0.2) is 0 Å². The lowest BCUT2D eigenvalue weighted by molar-refractivity contribution is 0.607. The van der Waals surface area contributed by atoms with Crippen LogP contribution in [0.4, 0.5) is 10.1 Å². The SMILES string of the molecule is CNC(C)c1cc(F)ccc1N(C)Cc1cscn1. The topological polar surface area (TPSA) is 28.2 Å². The summed E-state index contributed by atoms with van der Waals surface area (Å²) < 4.78 is 13.4. The normalized spacial score (nSPS) is 12.4. The van der Waals surface area contributed by atoms with Gasteiger partial charge in [-0.15, -0.1) is 11.3 Å². The maximum absolute atomic E-state index is 13.4. The fourth-order valence-corrected chi connectivity index (χ4v) is 2.57. The van der Waals surface area contributed by atoms with Crippen LogP contribution >= 0.6 is 11.3 Å². The Morgan fingerprint density at radius 3 is 2.89 bits per heavy atom. The van der Waals surface area contributed by atoms with Gasteiger partial charge in [-0.2, -0.15) is 0 Å². The van der Waals surface area contributed by atoms with Gasteiger partial charge in [0.2, 0.25) is 0 Å². The van der Waals surface area contributed by atoms with Crippen LogP contribution in [-0.4, -0.2) is 19.1 Å². The second-order valence-electron chi connectivity index (χ2n) is 4.55. The number of nitrogens with zero attached hydrogens (tertiary/aromatic N) is 2. The molecule has 2 aromatic rings. The predicted octanol–water partition coefficient (Wildman–Crippen LogP) is 3.20. The van der Waals surface area contributed by atoms with Crippen molar-refractivity contribution in [3.8, 4) is 0 Å². The Bertz CT molecular complexity index is 527. The van der Waals surface area contributed by atoms with Gasteiger partial charge in [-0.05, 0) is 37.7 Å². The number of hydrogen-bond acceptors (Lipinski definition) is 4. The molecule has 1 aromatic carbocycles. The van der Waals surface area contributed by atoms with Gasteiger partial charge in [-0.3, -0.25) is 0 Å². The Morgan fingerprint density at radius 1 is 1.47 bits per heavy atom. The first-order valence-electron chi connectivity index (χ1n) is 6.16. The summed E-state index contributed by atoms with van der Waals surface area (Å²) >= 11 is 1.58. The molecule has 1 atom stereocenters. The van der Waals surface area contributed by atoms with Crippen LogP contribution in [0.1, 0.15) is 24.2 Å². The second-order valence-corrected chi connectivity index (χ2v) is 5.27. The summed E-state index contributed by atoms with van der Waals surface area (Å²) in [5.41, 5.74) is 4.83. The summed E-state index contributed by atoms with van der Waals surface area (Å²) in [5, 5.41) is 5.18. The third kappa shape index (κ3) is 3.30. The van der Waals surface area contributed by atoms with Crippen molar-refractivity contribution in [1.29, 1.82) is 0 Å². The van der Waals surface area contributed by atoms with Crippen LogP contribution in [0.5, 0.6) is 0 Å². The molecule has 0 aliphatic rings. The van der Waals surface area contributed by atoms with Crippen LogP contribution in [-0.2, 0) is 6.54 Å². The van der Waals surface area contributed by atoms with E-state index in [1.165, 1.54) is 6.07 Å². The van der Waals surface area contributed by atoms with E-state index in [-0.39, 0.29) is 11.9 Å². The molecule has 0 saturated carbocycles. The van der Waals surface area contributed by atoms with Crippen LogP contribution < -0.4 is 10.2 Å². The maximum atomic E-state index is 13.4. The predicted molar refractivity (Wildman–Crippen MR) is 78.1 cm³/mol. The van der Waals surface area contributed by atoms with Crippen molar-refractivity contribution < 1.29 is 4.39 Å². The number of halogens is 1. The third-order valence-electron chi connectivity index (χ3n) is 3.18. The first-order valence-corrected chi connectivity index (χ1v) is 7.11. The molecule has 19 heavy (non-hydrogen) atoms. The number of nitrogens with one attached hydrogen (secondary N) is 1. The fraction of sp³-hybridized carbons (Fsp3) is 0.357. The van der Waals surface area contributed by atoms with Crippen molar-refractivity contribution in [2.45, 2.75) is 19.5 Å². The number of hydrogen-bond donors (Lipinski definition) is 1. The van der Waals surface area contributed by atoms with Crippen molar-refractivity contribution >= 4 is 17.0 Å². The van der Waals surface area contributed by atoms with Crippen molar-refractivity contribution in [1.82, 2.24) is 10.3 Å². The van der Waals surface area contributed by atoms with Crippen LogP contribution in [0.15, 0.2) is 29.1 Å². The van der Waals surface area contributed by atoms with Crippen LogP contribution in [0, 0.1) is 5.82 Å². The molecule has 0 spiro atoms. The van der Waals surface area contributed by atoms with Gasteiger partial charge in [0.05, 0.1) is 17.7 Å². The van der Waals surface area contributed by atoms with Crippen molar-refractivity contribution in [2.75, 3.05) is 19.0 Å². The standard InChI is InChI=1S/C14H18FN3S/c1-10(16-2)13-6-11(15)4-5-14(13)18(3)7-12-8-19-9-17-12/h4-6,8-10,16H,7H2,1-3H3. The molecule has 0 aliphatic heterocycles. The minimum Gasteiger partial charge on any atom is -0.368 e. The summed E-state index contributed by atoms with van der Waals surface area (Å²) in [4.78, 5) is 6.38. The molecule has 5 heteroatoms. The first kappa shape index (κ1) is 14.0. The van der Waals surface area contributed by atoms with Crippen LogP contribution in [0.3, 0.4) is 0 Å². The molecule has 102 valence electrons.